The third kappa shape index (κ3) is 2.74. The molecule has 0 aliphatic heterocycles. The summed E-state index contributed by atoms with van der Waals surface area (Å²) >= 11 is 0. The fourth-order valence-corrected chi connectivity index (χ4v) is 1.38. The molecule has 0 bridgehead atoms. The van der Waals surface area contributed by atoms with Gasteiger partial charge >= 0.3 is 12.4 Å². The number of carbonyl (C=O) groups is 1. The summed E-state index contributed by atoms with van der Waals surface area (Å²) in [4.78, 5) is 11.0. The molecular formula is C10H6F6O2. The van der Waals surface area contributed by atoms with Gasteiger partial charge in [-0.1, -0.05) is 0 Å². The fraction of sp³-hybridized carbons (Fsp3) is 0.300. The van der Waals surface area contributed by atoms with Crippen molar-refractivity contribution in [1.29, 1.82) is 0 Å². The largest absolute Gasteiger partial charge is 0.507 e. The zero-order valence-corrected chi connectivity index (χ0v) is 8.78. The van der Waals surface area contributed by atoms with Gasteiger partial charge in [-0.05, 0) is 19.1 Å². The molecule has 18 heavy (non-hydrogen) atoms. The van der Waals surface area contributed by atoms with Gasteiger partial charge in [-0.25, -0.2) is 0 Å². The summed E-state index contributed by atoms with van der Waals surface area (Å²) in [5, 5.41) is 9.15. The highest BCUT2D eigenvalue weighted by Crippen LogP contribution is 2.41. The van der Waals surface area contributed by atoms with Crippen molar-refractivity contribution in [3.8, 4) is 5.75 Å². The summed E-state index contributed by atoms with van der Waals surface area (Å²) in [7, 11) is 0. The van der Waals surface area contributed by atoms with Crippen molar-refractivity contribution in [3.05, 3.63) is 28.8 Å². The maximum absolute atomic E-state index is 12.5. The maximum Gasteiger partial charge on any atom is 0.417 e. The van der Waals surface area contributed by atoms with E-state index < -0.39 is 40.6 Å². The summed E-state index contributed by atoms with van der Waals surface area (Å²) in [6, 6.07) is -0.109. The van der Waals surface area contributed by atoms with Gasteiger partial charge in [-0.2, -0.15) is 26.3 Å². The number of hydrogen-bond donors (Lipinski definition) is 1. The number of halogens is 6. The van der Waals surface area contributed by atoms with Gasteiger partial charge in [-0.3, -0.25) is 4.79 Å². The number of benzene rings is 1. The van der Waals surface area contributed by atoms with Crippen molar-refractivity contribution in [2.24, 2.45) is 0 Å². The number of carbonyl (C=O) groups excluding carboxylic acids is 1. The summed E-state index contributed by atoms with van der Waals surface area (Å²) in [6.45, 7) is 0.720. The number of hydrogen-bond acceptors (Lipinski definition) is 2. The minimum atomic E-state index is -5.17. The molecule has 1 N–H and O–H groups in total. The van der Waals surface area contributed by atoms with Crippen molar-refractivity contribution in [2.75, 3.05) is 0 Å². The Morgan fingerprint density at radius 2 is 1.56 bits per heavy atom. The fourth-order valence-electron chi connectivity index (χ4n) is 1.38. The third-order valence-corrected chi connectivity index (χ3v) is 2.10. The van der Waals surface area contributed by atoms with E-state index >= 15 is 0 Å². The van der Waals surface area contributed by atoms with Crippen LogP contribution in [0, 0.1) is 0 Å². The average Bonchev–Trinajstić information content (AvgIpc) is 2.12. The van der Waals surface area contributed by atoms with Crippen molar-refractivity contribution in [2.45, 2.75) is 19.3 Å². The Bertz CT molecular complexity index is 486. The number of Topliss-reactive ketones (excluding diaryl/α,β-unsaturated/α-hetero) is 1. The molecule has 1 aromatic rings. The van der Waals surface area contributed by atoms with Crippen LogP contribution >= 0.6 is 0 Å². The Morgan fingerprint density at radius 1 is 1.06 bits per heavy atom. The third-order valence-electron chi connectivity index (χ3n) is 2.10. The molecule has 1 rings (SSSR count). The topological polar surface area (TPSA) is 37.3 Å². The minimum Gasteiger partial charge on any atom is -0.507 e. The van der Waals surface area contributed by atoms with E-state index in [4.69, 9.17) is 5.11 Å². The molecule has 0 saturated heterocycles. The lowest BCUT2D eigenvalue weighted by Gasteiger charge is -2.15. The number of rotatable bonds is 1. The van der Waals surface area contributed by atoms with E-state index in [-0.39, 0.29) is 12.1 Å². The zero-order chi connectivity index (χ0) is 14.3. The first-order valence-electron chi connectivity index (χ1n) is 4.47. The van der Waals surface area contributed by atoms with E-state index in [1.165, 1.54) is 0 Å². The Hall–Kier alpha value is -1.73. The molecule has 0 spiro atoms. The number of phenols is 1. The predicted molar refractivity (Wildman–Crippen MR) is 48.1 cm³/mol. The first kappa shape index (κ1) is 14.3. The first-order chi connectivity index (χ1) is 7.94. The van der Waals surface area contributed by atoms with Crippen LogP contribution in [-0.2, 0) is 12.4 Å². The van der Waals surface area contributed by atoms with Crippen LogP contribution in [0.25, 0.3) is 0 Å². The summed E-state index contributed by atoms with van der Waals surface area (Å²) in [5.74, 6) is -2.52. The molecule has 0 saturated carbocycles. The Balaban J connectivity index is 3.64. The van der Waals surface area contributed by atoms with Gasteiger partial charge < -0.3 is 5.11 Å². The maximum atomic E-state index is 12.5. The van der Waals surface area contributed by atoms with Gasteiger partial charge in [0.25, 0.3) is 0 Å². The van der Waals surface area contributed by atoms with Crippen molar-refractivity contribution < 1.29 is 36.2 Å². The molecule has 0 aliphatic rings. The second kappa shape index (κ2) is 4.18. The standard InChI is InChI=1S/C10H6F6O2/c1-4(17)8-6(10(14,15)16)2-5(3-7(8)18)9(11,12)13/h2-3,18H,1H3. The molecule has 2 nitrogen and oxygen atoms in total. The van der Waals surface area contributed by atoms with Crippen LogP contribution < -0.4 is 0 Å². The van der Waals surface area contributed by atoms with Crippen LogP contribution in [-0.4, -0.2) is 10.9 Å². The lowest BCUT2D eigenvalue weighted by atomic mass is 9.99. The van der Waals surface area contributed by atoms with Gasteiger partial charge in [0, 0.05) is 0 Å². The lowest BCUT2D eigenvalue weighted by molar-refractivity contribution is -0.143. The van der Waals surface area contributed by atoms with Crippen LogP contribution in [0.2, 0.25) is 0 Å². The molecule has 100 valence electrons. The molecule has 1 aromatic carbocycles. The van der Waals surface area contributed by atoms with Crippen LogP contribution in [0.15, 0.2) is 12.1 Å². The van der Waals surface area contributed by atoms with Crippen LogP contribution in [0.3, 0.4) is 0 Å². The molecule has 8 heteroatoms. The number of ketones is 1. The number of alkyl halides is 6. The normalized spacial score (nSPS) is 12.6. The Morgan fingerprint density at radius 3 is 1.89 bits per heavy atom. The van der Waals surface area contributed by atoms with Gasteiger partial charge in [0.05, 0.1) is 16.7 Å². The quantitative estimate of drug-likeness (QED) is 0.626. The van der Waals surface area contributed by atoms with Crippen molar-refractivity contribution >= 4 is 5.78 Å². The highest BCUT2D eigenvalue weighted by molar-refractivity contribution is 5.98. The molecule has 0 fully saturated rings. The summed E-state index contributed by atoms with van der Waals surface area (Å²) < 4.78 is 74.5. The molecular weight excluding hydrogens is 266 g/mol. The van der Waals surface area contributed by atoms with Gasteiger partial charge in [-0.15, -0.1) is 0 Å². The summed E-state index contributed by atoms with van der Waals surface area (Å²) in [5.41, 5.74) is -4.64. The van der Waals surface area contributed by atoms with Crippen LogP contribution in [0.4, 0.5) is 26.3 Å². The van der Waals surface area contributed by atoms with Gasteiger partial charge in [0.2, 0.25) is 0 Å². The molecule has 0 aliphatic carbocycles. The first-order valence-corrected chi connectivity index (χ1v) is 4.47. The number of phenolic OH excluding ortho intramolecular Hbond substituents is 1. The van der Waals surface area contributed by atoms with Crippen LogP contribution in [0.1, 0.15) is 28.4 Å². The molecule has 0 radical (unpaired) electrons. The second-order valence-corrected chi connectivity index (χ2v) is 3.47. The molecule has 0 aromatic heterocycles. The van der Waals surface area contributed by atoms with E-state index in [1.54, 1.807) is 0 Å². The molecule has 0 atom stereocenters. The SMILES string of the molecule is CC(=O)c1c(O)cc(C(F)(F)F)cc1C(F)(F)F. The zero-order valence-electron chi connectivity index (χ0n) is 8.78. The Labute approximate surface area is 96.8 Å². The molecule has 0 unspecified atom stereocenters. The molecule has 0 heterocycles. The monoisotopic (exact) mass is 272 g/mol. The van der Waals surface area contributed by atoms with Gasteiger partial charge in [0.1, 0.15) is 5.75 Å². The van der Waals surface area contributed by atoms with Gasteiger partial charge in [0.15, 0.2) is 5.78 Å². The average molecular weight is 272 g/mol. The highest BCUT2D eigenvalue weighted by atomic mass is 19.4. The smallest absolute Gasteiger partial charge is 0.417 e. The lowest BCUT2D eigenvalue weighted by Crippen LogP contribution is -2.15. The minimum absolute atomic E-state index is 0.0893. The summed E-state index contributed by atoms with van der Waals surface area (Å²) in [6.07, 6.45) is -10.2. The number of aromatic hydroxyl groups is 1. The van der Waals surface area contributed by atoms with E-state index in [0.717, 1.165) is 6.92 Å². The predicted octanol–water partition coefficient (Wildman–Crippen LogP) is 3.63. The second-order valence-electron chi connectivity index (χ2n) is 3.47. The van der Waals surface area contributed by atoms with E-state index in [9.17, 15) is 31.1 Å². The van der Waals surface area contributed by atoms with Crippen LogP contribution in [0.5, 0.6) is 5.75 Å². The highest BCUT2D eigenvalue weighted by Gasteiger charge is 2.40. The Kier molecular flexibility index (Phi) is 3.33. The van der Waals surface area contributed by atoms with E-state index in [0.29, 0.717) is 0 Å². The van der Waals surface area contributed by atoms with Crippen molar-refractivity contribution in [1.82, 2.24) is 0 Å². The van der Waals surface area contributed by atoms with E-state index in [1.807, 2.05) is 0 Å². The van der Waals surface area contributed by atoms with E-state index in [2.05, 4.69) is 0 Å². The van der Waals surface area contributed by atoms with Crippen molar-refractivity contribution in [3.63, 3.8) is 0 Å². The molecule has 0 amide bonds.